The molecular weight excluding hydrogens is 264 g/mol. The van der Waals surface area contributed by atoms with Gasteiger partial charge in [-0.3, -0.25) is 11.3 Å². The average Bonchev–Trinajstić information content (AvgIpc) is 2.77. The van der Waals surface area contributed by atoms with Gasteiger partial charge < -0.3 is 0 Å². The smallest absolute Gasteiger partial charge is 0.0524 e. The maximum atomic E-state index is 6.03. The average molecular weight is 290 g/mol. The fourth-order valence-corrected chi connectivity index (χ4v) is 7.61. The molecule has 20 heavy (non-hydrogen) atoms. The number of hydrogen-bond acceptors (Lipinski definition) is 3. The minimum absolute atomic E-state index is 0.343. The van der Waals surface area contributed by atoms with Gasteiger partial charge in [-0.1, -0.05) is 13.8 Å². The molecule has 0 amide bonds. The molecule has 0 radical (unpaired) electrons. The van der Waals surface area contributed by atoms with Crippen LogP contribution in [0.3, 0.4) is 0 Å². The summed E-state index contributed by atoms with van der Waals surface area (Å²) < 4.78 is 0. The molecule has 0 aromatic carbocycles. The highest BCUT2D eigenvalue weighted by Gasteiger charge is 2.62. The molecule has 2 nitrogen and oxygen atoms in total. The molecule has 4 aliphatic rings. The van der Waals surface area contributed by atoms with E-state index in [0.717, 1.165) is 5.92 Å². The lowest BCUT2D eigenvalue weighted by atomic mass is 9.39. The summed E-state index contributed by atoms with van der Waals surface area (Å²) in [7, 11) is 0. The van der Waals surface area contributed by atoms with Crippen molar-refractivity contribution in [3.8, 4) is 0 Å². The van der Waals surface area contributed by atoms with E-state index in [4.69, 9.17) is 5.84 Å². The highest BCUT2D eigenvalue weighted by molar-refractivity contribution is 7.07. The first kappa shape index (κ1) is 13.3. The Labute approximate surface area is 126 Å². The van der Waals surface area contributed by atoms with Crippen LogP contribution < -0.4 is 11.3 Å². The summed E-state index contributed by atoms with van der Waals surface area (Å²) in [5, 5.41) is 4.47. The maximum Gasteiger partial charge on any atom is 0.0524 e. The number of thiophene rings is 1. The Morgan fingerprint density at radius 1 is 1.20 bits per heavy atom. The molecule has 1 aromatic heterocycles. The van der Waals surface area contributed by atoms with Gasteiger partial charge >= 0.3 is 0 Å². The van der Waals surface area contributed by atoms with Gasteiger partial charge in [0.2, 0.25) is 0 Å². The Morgan fingerprint density at radius 2 is 1.90 bits per heavy atom. The van der Waals surface area contributed by atoms with Crippen molar-refractivity contribution in [2.75, 3.05) is 0 Å². The number of nitrogens with two attached hydrogens (primary N) is 1. The largest absolute Gasteiger partial charge is 0.271 e. The van der Waals surface area contributed by atoms with E-state index < -0.39 is 0 Å². The number of hydrazine groups is 1. The van der Waals surface area contributed by atoms with Crippen molar-refractivity contribution in [3.63, 3.8) is 0 Å². The van der Waals surface area contributed by atoms with Gasteiger partial charge in [-0.05, 0) is 83.1 Å². The van der Waals surface area contributed by atoms with Crippen molar-refractivity contribution in [2.24, 2.45) is 28.0 Å². The van der Waals surface area contributed by atoms with Gasteiger partial charge in [0.25, 0.3) is 0 Å². The highest BCUT2D eigenvalue weighted by Crippen LogP contribution is 2.72. The Morgan fingerprint density at radius 3 is 2.40 bits per heavy atom. The summed E-state index contributed by atoms with van der Waals surface area (Å²) in [6.07, 6.45) is 8.42. The second-order valence-corrected chi connectivity index (χ2v) is 9.43. The van der Waals surface area contributed by atoms with Crippen LogP contribution in [-0.2, 0) is 0 Å². The fraction of sp³-hybridized carbons (Fsp3) is 0.765. The van der Waals surface area contributed by atoms with E-state index in [1.165, 1.54) is 44.1 Å². The van der Waals surface area contributed by atoms with Crippen LogP contribution in [0.1, 0.15) is 64.0 Å². The van der Waals surface area contributed by atoms with Crippen LogP contribution in [0.15, 0.2) is 16.8 Å². The second-order valence-electron chi connectivity index (χ2n) is 8.65. The third-order valence-corrected chi connectivity index (χ3v) is 7.03. The van der Waals surface area contributed by atoms with Crippen molar-refractivity contribution in [3.05, 3.63) is 22.4 Å². The van der Waals surface area contributed by atoms with Gasteiger partial charge in [0.15, 0.2) is 0 Å². The number of rotatable bonds is 3. The molecule has 0 aliphatic heterocycles. The zero-order valence-corrected chi connectivity index (χ0v) is 13.4. The topological polar surface area (TPSA) is 38.0 Å². The molecule has 3 atom stereocenters. The third kappa shape index (κ3) is 1.83. The van der Waals surface area contributed by atoms with Crippen molar-refractivity contribution in [2.45, 2.75) is 58.4 Å². The Kier molecular flexibility index (Phi) is 2.72. The molecule has 4 aliphatic carbocycles. The summed E-state index contributed by atoms with van der Waals surface area (Å²) in [6.45, 7) is 5.07. The molecule has 5 rings (SSSR count). The van der Waals surface area contributed by atoms with Crippen LogP contribution >= 0.6 is 11.3 Å². The zero-order valence-electron chi connectivity index (χ0n) is 12.6. The van der Waals surface area contributed by atoms with Crippen LogP contribution in [0.2, 0.25) is 0 Å². The first-order valence-electron chi connectivity index (χ1n) is 7.94. The number of nitrogens with one attached hydrogen (secondary N) is 1. The fourth-order valence-electron chi connectivity index (χ4n) is 6.92. The monoisotopic (exact) mass is 290 g/mol. The predicted octanol–water partition coefficient (Wildman–Crippen LogP) is 4.25. The second kappa shape index (κ2) is 4.08. The van der Waals surface area contributed by atoms with E-state index in [1.807, 2.05) is 0 Å². The molecule has 3 unspecified atom stereocenters. The summed E-state index contributed by atoms with van der Waals surface area (Å²) >= 11 is 1.79. The van der Waals surface area contributed by atoms with E-state index in [2.05, 4.69) is 36.1 Å². The molecule has 1 heterocycles. The first-order valence-corrected chi connectivity index (χ1v) is 8.89. The lowest BCUT2D eigenvalue weighted by Crippen LogP contribution is -2.59. The third-order valence-electron chi connectivity index (χ3n) is 6.32. The van der Waals surface area contributed by atoms with E-state index in [1.54, 1.807) is 11.3 Å². The van der Waals surface area contributed by atoms with Crippen LogP contribution in [0, 0.1) is 22.2 Å². The summed E-state index contributed by atoms with van der Waals surface area (Å²) in [6, 6.07) is 2.61. The van der Waals surface area contributed by atoms with Crippen molar-refractivity contribution in [1.29, 1.82) is 0 Å². The van der Waals surface area contributed by atoms with Gasteiger partial charge in [-0.25, -0.2) is 0 Å². The Bertz CT molecular complexity index is 491. The predicted molar refractivity (Wildman–Crippen MR) is 84.2 cm³/mol. The van der Waals surface area contributed by atoms with Gasteiger partial charge in [-0.2, -0.15) is 11.3 Å². The minimum atomic E-state index is 0.343. The van der Waals surface area contributed by atoms with Gasteiger partial charge in [0, 0.05) is 0 Å². The molecule has 3 heteroatoms. The molecule has 4 fully saturated rings. The molecular formula is C17H26N2S. The van der Waals surface area contributed by atoms with Gasteiger partial charge in [-0.15, -0.1) is 0 Å². The Hall–Kier alpha value is -0.380. The van der Waals surface area contributed by atoms with E-state index in [-0.39, 0.29) is 0 Å². The standard InChI is InChI=1S/C17H26N2S/c1-15-5-12-6-16(2,9-15)11-17(7-12,10-15)14(19-18)13-3-4-20-8-13/h3-4,8,12,14,19H,5-7,9-11,18H2,1-2H3. The van der Waals surface area contributed by atoms with Gasteiger partial charge in [0.1, 0.15) is 0 Å². The van der Waals surface area contributed by atoms with E-state index in [0.29, 0.717) is 22.3 Å². The summed E-state index contributed by atoms with van der Waals surface area (Å²) in [5.41, 5.74) is 6.11. The molecule has 110 valence electrons. The molecule has 4 saturated carbocycles. The maximum absolute atomic E-state index is 6.03. The lowest BCUT2D eigenvalue weighted by Gasteiger charge is -2.67. The quantitative estimate of drug-likeness (QED) is 0.645. The number of hydrogen-bond donors (Lipinski definition) is 2. The molecule has 1 aromatic rings. The molecule has 0 spiro atoms. The lowest BCUT2D eigenvalue weighted by molar-refractivity contribution is -0.158. The Balaban J connectivity index is 1.76. The van der Waals surface area contributed by atoms with Crippen molar-refractivity contribution >= 4 is 11.3 Å². The summed E-state index contributed by atoms with van der Waals surface area (Å²) in [4.78, 5) is 0. The normalized spacial score (nSPS) is 47.6. The molecule has 0 saturated heterocycles. The molecule has 4 bridgehead atoms. The first-order chi connectivity index (χ1) is 9.46. The zero-order chi connectivity index (χ0) is 14.0. The van der Waals surface area contributed by atoms with Crippen molar-refractivity contribution in [1.82, 2.24) is 5.43 Å². The van der Waals surface area contributed by atoms with Crippen LogP contribution in [0.4, 0.5) is 0 Å². The summed E-state index contributed by atoms with van der Waals surface area (Å²) in [5.74, 6) is 6.95. The van der Waals surface area contributed by atoms with Crippen LogP contribution in [0.5, 0.6) is 0 Å². The van der Waals surface area contributed by atoms with Crippen LogP contribution in [-0.4, -0.2) is 0 Å². The van der Waals surface area contributed by atoms with Gasteiger partial charge in [0.05, 0.1) is 6.04 Å². The van der Waals surface area contributed by atoms with Crippen molar-refractivity contribution < 1.29 is 0 Å². The molecule has 3 N–H and O–H groups in total. The van der Waals surface area contributed by atoms with E-state index in [9.17, 15) is 0 Å². The van der Waals surface area contributed by atoms with E-state index >= 15 is 0 Å². The highest BCUT2D eigenvalue weighted by atomic mass is 32.1. The SMILES string of the molecule is CC12CC3CC(C)(C1)CC(C(NN)c1ccsc1)(C3)C2. The van der Waals surface area contributed by atoms with Crippen LogP contribution in [0.25, 0.3) is 0 Å². The minimum Gasteiger partial charge on any atom is -0.271 e.